The average Bonchev–Trinajstić information content (AvgIpc) is 3.64. The van der Waals surface area contributed by atoms with Crippen molar-refractivity contribution in [3.05, 3.63) is 59.7 Å². The van der Waals surface area contributed by atoms with Crippen molar-refractivity contribution in [3.8, 4) is 11.5 Å². The number of rotatable bonds is 7. The highest BCUT2D eigenvalue weighted by molar-refractivity contribution is 5.99. The monoisotopic (exact) mass is 537 g/mol. The Bertz CT molecular complexity index is 1170. The Labute approximate surface area is 228 Å². The second kappa shape index (κ2) is 11.6. The van der Waals surface area contributed by atoms with Gasteiger partial charge in [0.1, 0.15) is 23.3 Å². The minimum atomic E-state index is -0.987. The Morgan fingerprint density at radius 1 is 0.923 bits per heavy atom. The number of carbonyl (C=O) groups is 3. The van der Waals surface area contributed by atoms with Gasteiger partial charge in [-0.3, -0.25) is 19.3 Å². The first-order chi connectivity index (χ1) is 18.9. The van der Waals surface area contributed by atoms with Gasteiger partial charge in [0.2, 0.25) is 5.91 Å². The molecule has 0 bridgehead atoms. The van der Waals surface area contributed by atoms with Gasteiger partial charge in [0.05, 0.1) is 26.9 Å². The zero-order valence-electron chi connectivity index (χ0n) is 22.4. The van der Waals surface area contributed by atoms with Gasteiger partial charge in [0.15, 0.2) is 0 Å². The summed E-state index contributed by atoms with van der Waals surface area (Å²) in [6.07, 6.45) is 2.66. The van der Waals surface area contributed by atoms with Crippen molar-refractivity contribution >= 4 is 17.7 Å². The van der Waals surface area contributed by atoms with Gasteiger partial charge in [-0.2, -0.15) is 0 Å². The highest BCUT2D eigenvalue weighted by Crippen LogP contribution is 2.39. The lowest BCUT2D eigenvalue weighted by Crippen LogP contribution is -2.60. The quantitative estimate of drug-likeness (QED) is 0.578. The van der Waals surface area contributed by atoms with Crippen molar-refractivity contribution in [2.75, 3.05) is 47.1 Å². The normalized spacial score (nSPS) is 22.1. The molecule has 39 heavy (non-hydrogen) atoms. The molecule has 208 valence electrons. The highest BCUT2D eigenvalue weighted by Gasteiger charge is 2.54. The first-order valence-electron chi connectivity index (χ1n) is 13.4. The summed E-state index contributed by atoms with van der Waals surface area (Å²) in [7, 11) is 3.15. The van der Waals surface area contributed by atoms with Crippen LogP contribution in [0, 0.1) is 0 Å². The Hall–Kier alpha value is -3.63. The Morgan fingerprint density at radius 3 is 2.05 bits per heavy atom. The summed E-state index contributed by atoms with van der Waals surface area (Å²) in [6, 6.07) is 13.0. The van der Waals surface area contributed by atoms with Crippen molar-refractivity contribution in [2.24, 2.45) is 0 Å². The number of ether oxygens (including phenoxy) is 4. The Morgan fingerprint density at radius 2 is 1.51 bits per heavy atom. The fraction of sp³-hybridized carbons (Fsp3) is 0.483. The fourth-order valence-electron chi connectivity index (χ4n) is 5.55. The van der Waals surface area contributed by atoms with Crippen LogP contribution >= 0.6 is 0 Å². The molecule has 2 aromatic carbocycles. The third-order valence-electron chi connectivity index (χ3n) is 7.82. The summed E-state index contributed by atoms with van der Waals surface area (Å²) in [6.45, 7) is 1.97. The van der Waals surface area contributed by atoms with Crippen molar-refractivity contribution in [1.29, 1.82) is 0 Å². The molecular weight excluding hydrogens is 502 g/mol. The minimum absolute atomic E-state index is 0.0109. The number of amides is 3. The van der Waals surface area contributed by atoms with E-state index in [9.17, 15) is 14.4 Å². The molecule has 3 aliphatic rings. The molecule has 2 aromatic rings. The number of nitrogens with zero attached hydrogens (tertiary/aromatic N) is 2. The van der Waals surface area contributed by atoms with E-state index >= 15 is 0 Å². The van der Waals surface area contributed by atoms with E-state index in [1.165, 1.54) is 0 Å². The highest BCUT2D eigenvalue weighted by atomic mass is 16.5. The van der Waals surface area contributed by atoms with E-state index in [0.29, 0.717) is 61.7 Å². The second-order valence-electron chi connectivity index (χ2n) is 10.1. The van der Waals surface area contributed by atoms with E-state index in [-0.39, 0.29) is 30.4 Å². The zero-order valence-corrected chi connectivity index (χ0v) is 22.4. The number of likely N-dealkylation sites (tertiary alicyclic amines) is 1. The largest absolute Gasteiger partial charge is 0.497 e. The molecule has 3 amide bonds. The van der Waals surface area contributed by atoms with Crippen LogP contribution in [0.25, 0.3) is 0 Å². The molecule has 2 atom stereocenters. The van der Waals surface area contributed by atoms with Crippen LogP contribution in [0.15, 0.2) is 48.5 Å². The van der Waals surface area contributed by atoms with E-state index in [2.05, 4.69) is 5.32 Å². The molecule has 5 rings (SSSR count). The third-order valence-corrected chi connectivity index (χ3v) is 7.82. The van der Waals surface area contributed by atoms with E-state index in [1.807, 2.05) is 0 Å². The predicted molar refractivity (Wildman–Crippen MR) is 142 cm³/mol. The average molecular weight is 538 g/mol. The summed E-state index contributed by atoms with van der Waals surface area (Å²) in [4.78, 5) is 43.8. The Balaban J connectivity index is 1.33. The van der Waals surface area contributed by atoms with Crippen LogP contribution in [0.3, 0.4) is 0 Å². The number of methoxy groups -OCH3 is 2. The van der Waals surface area contributed by atoms with Crippen LogP contribution in [0.1, 0.15) is 46.4 Å². The molecule has 3 aliphatic heterocycles. The lowest BCUT2D eigenvalue weighted by atomic mass is 9.96. The van der Waals surface area contributed by atoms with Crippen LogP contribution in [-0.4, -0.2) is 92.5 Å². The van der Waals surface area contributed by atoms with Gasteiger partial charge in [-0.05, 0) is 61.4 Å². The molecule has 0 unspecified atom stereocenters. The maximum atomic E-state index is 13.9. The van der Waals surface area contributed by atoms with Gasteiger partial charge in [-0.25, -0.2) is 0 Å². The number of carbonyl (C=O) groups excluding carboxylic acids is 3. The van der Waals surface area contributed by atoms with Crippen LogP contribution in [0.5, 0.6) is 11.5 Å². The van der Waals surface area contributed by atoms with Gasteiger partial charge in [-0.1, -0.05) is 0 Å². The molecule has 3 fully saturated rings. The molecular formula is C29H35N3O7. The van der Waals surface area contributed by atoms with Crippen LogP contribution in [0.4, 0.5) is 0 Å². The number of piperidine rings is 1. The van der Waals surface area contributed by atoms with Crippen molar-refractivity contribution < 1.29 is 33.3 Å². The molecule has 0 radical (unpaired) electrons. The van der Waals surface area contributed by atoms with Crippen LogP contribution in [-0.2, 0) is 14.3 Å². The molecule has 10 heteroatoms. The zero-order chi connectivity index (χ0) is 27.4. The summed E-state index contributed by atoms with van der Waals surface area (Å²) in [5, 5.41) is 2.97. The van der Waals surface area contributed by atoms with Crippen molar-refractivity contribution in [2.45, 2.75) is 43.6 Å². The summed E-state index contributed by atoms with van der Waals surface area (Å²) < 4.78 is 22.4. The van der Waals surface area contributed by atoms with E-state index in [0.717, 1.165) is 12.8 Å². The second-order valence-corrected chi connectivity index (χ2v) is 10.1. The number of hydrogen-bond donors (Lipinski definition) is 1. The number of nitrogens with one attached hydrogen (secondary N) is 1. The van der Waals surface area contributed by atoms with Crippen LogP contribution < -0.4 is 14.8 Å². The van der Waals surface area contributed by atoms with Crippen molar-refractivity contribution in [1.82, 2.24) is 15.1 Å². The molecule has 1 N–H and O–H groups in total. The summed E-state index contributed by atoms with van der Waals surface area (Å²) >= 11 is 0. The predicted octanol–water partition coefficient (Wildman–Crippen LogP) is 2.47. The standard InChI is InChI=1S/C29H35N3O7/c1-36-22-9-5-20(6-10-22)27(34)31-15-13-29(14-16-31)32(28(35)21-7-11-23(37-2)12-8-21)25(19-39-29)26(33)30-18-24-4-3-17-38-24/h5-12,24-25H,3-4,13-19H2,1-2H3,(H,30,33)/t24-,25-/m1/s1. The third kappa shape index (κ3) is 5.58. The molecule has 10 nitrogen and oxygen atoms in total. The summed E-state index contributed by atoms with van der Waals surface area (Å²) in [5.41, 5.74) is 0.0190. The molecule has 1 spiro atoms. The molecule has 0 aliphatic carbocycles. The lowest BCUT2D eigenvalue weighted by Gasteiger charge is -2.44. The van der Waals surface area contributed by atoms with E-state index in [1.54, 1.807) is 72.6 Å². The number of hydrogen-bond acceptors (Lipinski definition) is 7. The Kier molecular flexibility index (Phi) is 8.04. The van der Waals surface area contributed by atoms with Gasteiger partial charge in [0, 0.05) is 50.2 Å². The lowest BCUT2D eigenvalue weighted by molar-refractivity contribution is -0.128. The number of benzene rings is 2. The molecule has 3 heterocycles. The SMILES string of the molecule is COc1ccc(C(=O)N2CCC3(CC2)OC[C@H](C(=O)NC[C@H]2CCCO2)N3C(=O)c2ccc(OC)cc2)cc1. The van der Waals surface area contributed by atoms with Gasteiger partial charge in [0.25, 0.3) is 11.8 Å². The van der Waals surface area contributed by atoms with E-state index < -0.39 is 11.8 Å². The maximum absolute atomic E-state index is 13.9. The summed E-state index contributed by atoms with van der Waals surface area (Å²) in [5.74, 6) is 0.669. The van der Waals surface area contributed by atoms with Crippen LogP contribution in [0.2, 0.25) is 0 Å². The van der Waals surface area contributed by atoms with Gasteiger partial charge >= 0.3 is 0 Å². The van der Waals surface area contributed by atoms with E-state index in [4.69, 9.17) is 18.9 Å². The van der Waals surface area contributed by atoms with Crippen molar-refractivity contribution in [3.63, 3.8) is 0 Å². The van der Waals surface area contributed by atoms with Gasteiger partial charge < -0.3 is 29.2 Å². The molecule has 3 saturated heterocycles. The fourth-order valence-corrected chi connectivity index (χ4v) is 5.55. The molecule has 0 saturated carbocycles. The topological polar surface area (TPSA) is 107 Å². The first kappa shape index (κ1) is 27.0. The molecule has 0 aromatic heterocycles. The smallest absolute Gasteiger partial charge is 0.256 e. The maximum Gasteiger partial charge on any atom is 0.256 e. The first-order valence-corrected chi connectivity index (χ1v) is 13.4. The minimum Gasteiger partial charge on any atom is -0.497 e. The van der Waals surface area contributed by atoms with Gasteiger partial charge in [-0.15, -0.1) is 0 Å².